The van der Waals surface area contributed by atoms with Crippen LogP contribution in [0.1, 0.15) is 12.5 Å². The van der Waals surface area contributed by atoms with E-state index >= 15 is 0 Å². The molecule has 0 bridgehead atoms. The van der Waals surface area contributed by atoms with E-state index in [9.17, 15) is 4.79 Å². The van der Waals surface area contributed by atoms with Crippen molar-refractivity contribution in [3.05, 3.63) is 48.0 Å². The predicted octanol–water partition coefficient (Wildman–Crippen LogP) is 3.40. The zero-order chi connectivity index (χ0) is 22.5. The molecule has 0 fully saturated rings. The van der Waals surface area contributed by atoms with Crippen molar-refractivity contribution in [2.75, 3.05) is 32.6 Å². The fraction of sp³-hybridized carbons (Fsp3) is 0.348. The number of methoxy groups -OCH3 is 1. The molecule has 8 nitrogen and oxygen atoms in total. The monoisotopic (exact) mass is 454 g/mol. The molecule has 4 rings (SSSR count). The molecule has 0 N–H and O–H groups in total. The summed E-state index contributed by atoms with van der Waals surface area (Å²) in [6, 6.07) is 13.5. The number of nitrogens with zero attached hydrogens (tertiary/aromatic N) is 4. The molecule has 1 amide bonds. The van der Waals surface area contributed by atoms with Crippen LogP contribution in [0.25, 0.3) is 11.4 Å². The fourth-order valence-corrected chi connectivity index (χ4v) is 4.25. The maximum atomic E-state index is 12.9. The average Bonchev–Trinajstić information content (AvgIpc) is 3.21. The molecule has 32 heavy (non-hydrogen) atoms. The highest BCUT2D eigenvalue weighted by molar-refractivity contribution is 7.99. The molecule has 0 unspecified atom stereocenters. The second kappa shape index (κ2) is 9.95. The van der Waals surface area contributed by atoms with Gasteiger partial charge in [0.1, 0.15) is 19.0 Å². The largest absolute Gasteiger partial charge is 0.497 e. The highest BCUT2D eigenvalue weighted by atomic mass is 32.2. The minimum Gasteiger partial charge on any atom is -0.497 e. The number of rotatable bonds is 8. The Bertz CT molecular complexity index is 1080. The molecule has 0 saturated carbocycles. The lowest BCUT2D eigenvalue weighted by Crippen LogP contribution is -2.31. The summed E-state index contributed by atoms with van der Waals surface area (Å²) in [6.45, 7) is 4.21. The van der Waals surface area contributed by atoms with E-state index in [2.05, 4.69) is 10.2 Å². The first-order valence-corrected chi connectivity index (χ1v) is 11.4. The summed E-state index contributed by atoms with van der Waals surface area (Å²) >= 11 is 1.38. The van der Waals surface area contributed by atoms with Crippen molar-refractivity contribution < 1.29 is 19.0 Å². The first-order chi connectivity index (χ1) is 15.6. The van der Waals surface area contributed by atoms with Crippen LogP contribution in [-0.4, -0.2) is 58.2 Å². The van der Waals surface area contributed by atoms with Gasteiger partial charge in [0, 0.05) is 25.7 Å². The summed E-state index contributed by atoms with van der Waals surface area (Å²) in [7, 11) is 3.54. The number of benzene rings is 2. The van der Waals surface area contributed by atoms with Gasteiger partial charge < -0.3 is 23.7 Å². The number of thioether (sulfide) groups is 1. The first kappa shape index (κ1) is 22.0. The van der Waals surface area contributed by atoms with Gasteiger partial charge in [-0.2, -0.15) is 0 Å². The summed E-state index contributed by atoms with van der Waals surface area (Å²) in [5, 5.41) is 9.26. The molecule has 0 spiro atoms. The van der Waals surface area contributed by atoms with Gasteiger partial charge in [-0.1, -0.05) is 17.8 Å². The van der Waals surface area contributed by atoms with Crippen molar-refractivity contribution in [2.45, 2.75) is 18.6 Å². The van der Waals surface area contributed by atoms with Crippen LogP contribution < -0.4 is 14.2 Å². The zero-order valence-corrected chi connectivity index (χ0v) is 19.2. The molecule has 2 aromatic carbocycles. The summed E-state index contributed by atoms with van der Waals surface area (Å²) in [5.41, 5.74) is 1.95. The molecule has 0 atom stereocenters. The molecule has 0 radical (unpaired) electrons. The van der Waals surface area contributed by atoms with Crippen LogP contribution in [0.2, 0.25) is 0 Å². The van der Waals surface area contributed by atoms with Gasteiger partial charge in [-0.05, 0) is 48.9 Å². The van der Waals surface area contributed by atoms with Crippen LogP contribution in [0, 0.1) is 0 Å². The SMILES string of the molecule is CCN(Cc1ccc2c(c1)OCCO2)C(=O)CSc1nnc(-c2ccc(OC)cc2)n1C. The Kier molecular flexibility index (Phi) is 6.84. The average molecular weight is 455 g/mol. The standard InChI is InChI=1S/C23H26N4O4S/c1-4-27(14-16-5-10-19-20(13-16)31-12-11-30-19)21(28)15-32-23-25-24-22(26(23)2)17-6-8-18(29-3)9-7-17/h5-10,13H,4,11-12,14-15H2,1-3H3. The van der Waals surface area contributed by atoms with Gasteiger partial charge >= 0.3 is 0 Å². The smallest absolute Gasteiger partial charge is 0.233 e. The number of hydrogen-bond donors (Lipinski definition) is 0. The van der Waals surface area contributed by atoms with E-state index in [4.69, 9.17) is 14.2 Å². The lowest BCUT2D eigenvalue weighted by molar-refractivity contribution is -0.128. The molecule has 168 valence electrons. The minimum absolute atomic E-state index is 0.0430. The summed E-state index contributed by atoms with van der Waals surface area (Å²) in [5.74, 6) is 3.34. The van der Waals surface area contributed by atoms with Crippen LogP contribution in [0.15, 0.2) is 47.6 Å². The van der Waals surface area contributed by atoms with Crippen LogP contribution >= 0.6 is 11.8 Å². The summed E-state index contributed by atoms with van der Waals surface area (Å²) < 4.78 is 18.3. The van der Waals surface area contributed by atoms with Gasteiger partial charge in [-0.15, -0.1) is 10.2 Å². The Morgan fingerprint density at radius 2 is 1.88 bits per heavy atom. The topological polar surface area (TPSA) is 78.7 Å². The van der Waals surface area contributed by atoms with Gasteiger partial charge in [0.2, 0.25) is 5.91 Å². The lowest BCUT2D eigenvalue weighted by atomic mass is 10.2. The molecule has 2 heterocycles. The Morgan fingerprint density at radius 1 is 1.12 bits per heavy atom. The Balaban J connectivity index is 1.38. The maximum absolute atomic E-state index is 12.9. The molecule has 3 aromatic rings. The number of amides is 1. The second-order valence-electron chi connectivity index (χ2n) is 7.27. The third-order valence-electron chi connectivity index (χ3n) is 5.22. The first-order valence-electron chi connectivity index (χ1n) is 10.4. The van der Waals surface area contributed by atoms with Gasteiger partial charge in [0.15, 0.2) is 22.5 Å². The lowest BCUT2D eigenvalue weighted by Gasteiger charge is -2.23. The molecule has 0 aliphatic carbocycles. The molecule has 9 heteroatoms. The van der Waals surface area contributed by atoms with Crippen LogP contribution in [-0.2, 0) is 18.4 Å². The zero-order valence-electron chi connectivity index (χ0n) is 18.4. The predicted molar refractivity (Wildman–Crippen MR) is 122 cm³/mol. The van der Waals surface area contributed by atoms with E-state index in [1.807, 2.05) is 65.9 Å². The number of fused-ring (bicyclic) bond motifs is 1. The van der Waals surface area contributed by atoms with Crippen molar-refractivity contribution in [1.29, 1.82) is 0 Å². The van der Waals surface area contributed by atoms with E-state index in [1.165, 1.54) is 11.8 Å². The normalized spacial score (nSPS) is 12.5. The van der Waals surface area contributed by atoms with Crippen molar-refractivity contribution >= 4 is 17.7 Å². The third kappa shape index (κ3) is 4.83. The fourth-order valence-electron chi connectivity index (χ4n) is 3.43. The van der Waals surface area contributed by atoms with E-state index in [1.54, 1.807) is 7.11 Å². The van der Waals surface area contributed by atoms with Gasteiger partial charge in [-0.25, -0.2) is 0 Å². The van der Waals surface area contributed by atoms with Crippen molar-refractivity contribution in [3.8, 4) is 28.6 Å². The molecule has 1 aliphatic rings. The highest BCUT2D eigenvalue weighted by Gasteiger charge is 2.18. The van der Waals surface area contributed by atoms with Gasteiger partial charge in [0.25, 0.3) is 0 Å². The Hall–Kier alpha value is -3.20. The highest BCUT2D eigenvalue weighted by Crippen LogP contribution is 2.31. The van der Waals surface area contributed by atoms with Gasteiger partial charge in [0.05, 0.1) is 12.9 Å². The number of ether oxygens (including phenoxy) is 3. The minimum atomic E-state index is 0.0430. The van der Waals surface area contributed by atoms with E-state index in [0.717, 1.165) is 34.2 Å². The maximum Gasteiger partial charge on any atom is 0.233 e. The number of carbonyl (C=O) groups is 1. The molecule has 0 saturated heterocycles. The van der Waals surface area contributed by atoms with Crippen LogP contribution in [0.3, 0.4) is 0 Å². The quantitative estimate of drug-likeness (QED) is 0.483. The molecular weight excluding hydrogens is 428 g/mol. The van der Waals surface area contributed by atoms with E-state index in [0.29, 0.717) is 31.5 Å². The molecule has 1 aliphatic heterocycles. The second-order valence-corrected chi connectivity index (χ2v) is 8.21. The van der Waals surface area contributed by atoms with Crippen molar-refractivity contribution in [2.24, 2.45) is 7.05 Å². The van der Waals surface area contributed by atoms with E-state index < -0.39 is 0 Å². The third-order valence-corrected chi connectivity index (χ3v) is 6.23. The molecular formula is C23H26N4O4S. The Morgan fingerprint density at radius 3 is 2.59 bits per heavy atom. The molecule has 1 aromatic heterocycles. The number of carbonyl (C=O) groups excluding carboxylic acids is 1. The summed E-state index contributed by atoms with van der Waals surface area (Å²) in [6.07, 6.45) is 0. The van der Waals surface area contributed by atoms with Crippen molar-refractivity contribution in [1.82, 2.24) is 19.7 Å². The summed E-state index contributed by atoms with van der Waals surface area (Å²) in [4.78, 5) is 14.7. The van der Waals surface area contributed by atoms with Crippen LogP contribution in [0.5, 0.6) is 17.2 Å². The number of hydrogen-bond acceptors (Lipinski definition) is 7. The Labute approximate surface area is 191 Å². The van der Waals surface area contributed by atoms with E-state index in [-0.39, 0.29) is 11.7 Å². The van der Waals surface area contributed by atoms with Crippen molar-refractivity contribution in [3.63, 3.8) is 0 Å². The number of aromatic nitrogens is 3. The van der Waals surface area contributed by atoms with Crippen LogP contribution in [0.4, 0.5) is 0 Å². The van der Waals surface area contributed by atoms with Gasteiger partial charge in [-0.3, -0.25) is 4.79 Å².